The Labute approximate surface area is 632 Å². The summed E-state index contributed by atoms with van der Waals surface area (Å²) in [7, 11) is 5.82. The molecular formula is C91H178N8O2. The number of ether oxygens (including phenoxy) is 2. The lowest BCUT2D eigenvalue weighted by atomic mass is 9.72. The van der Waals surface area contributed by atoms with Crippen LogP contribution in [0.25, 0.3) is 0 Å². The van der Waals surface area contributed by atoms with Gasteiger partial charge < -0.3 is 43.4 Å². The number of nitrogens with zero attached hydrogens (tertiary/aromatic N) is 8. The van der Waals surface area contributed by atoms with E-state index in [-0.39, 0.29) is 0 Å². The monoisotopic (exact) mass is 1420 g/mol. The zero-order valence-electron chi connectivity index (χ0n) is 73.3. The summed E-state index contributed by atoms with van der Waals surface area (Å²) in [5.74, 6) is 2.80. The lowest BCUT2D eigenvalue weighted by Crippen LogP contribution is -2.44. The van der Waals surface area contributed by atoms with Crippen molar-refractivity contribution >= 4 is 0 Å². The Morgan fingerprint density at radius 1 is 0.436 bits per heavy atom. The quantitative estimate of drug-likeness (QED) is 0.145. The predicted octanol–water partition coefficient (Wildman–Crippen LogP) is 23.2. The number of aromatic nitrogens is 2. The Hall–Kier alpha value is -2.31. The second-order valence-corrected chi connectivity index (χ2v) is 41.2. The molecule has 10 heteroatoms. The topological polar surface area (TPSA) is 55.7 Å². The first-order valence-electron chi connectivity index (χ1n) is 41.8. The average Bonchev–Trinajstić information content (AvgIpc) is 1.56. The van der Waals surface area contributed by atoms with Crippen LogP contribution in [-0.4, -0.2) is 178 Å². The van der Waals surface area contributed by atoms with Crippen LogP contribution in [0.3, 0.4) is 0 Å². The van der Waals surface area contributed by atoms with Crippen molar-refractivity contribution in [3.05, 3.63) is 66.9 Å². The third-order valence-electron chi connectivity index (χ3n) is 21.8. The standard InChI is InChI=1S/C12H26N2.2C12H25NO.C12H23N.C12H25N.C11H16.C10H18N2.C10H20/c1-12(2,3)6-5-7-14-10-8-13(4)9-11-14;1-12(2,3)11-5-7-13(8-6-11)9-10-14-4;1-12(2,3)7-5-8-13-9-6-11(10-13)14-4;1-10(2)13-8-6-11(7-9-13)12(3,4)5;1-12(2,3)8-7-11-13-9-5-4-6-10-13;1-11(2,3)9-10-7-5-4-6-8-10;1-10(2,3)5-4-7-12-8-6-11-9-12;1-10(2,3)9-7-5-4-6-8-9/h5-11H2,1-4H3;2*11H,5-10H2,1-4H3;11H,1,6-9H2,2-5H3;4-11H2,1-3H3;4-8H,9H2,1-3H3;6,8-9H,4-5,7H2,1-3H3;9H,4-8H2,1-3H3. The molecule has 1 atom stereocenters. The van der Waals surface area contributed by atoms with Crippen LogP contribution in [0.1, 0.15) is 313 Å². The van der Waals surface area contributed by atoms with Gasteiger partial charge >= 0.3 is 0 Å². The maximum absolute atomic E-state index is 5.35. The molecule has 10 nitrogen and oxygen atoms in total. The molecule has 101 heavy (non-hydrogen) atoms. The zero-order valence-corrected chi connectivity index (χ0v) is 73.3. The molecule has 1 aromatic carbocycles. The molecule has 2 aromatic rings. The summed E-state index contributed by atoms with van der Waals surface area (Å²) in [6.45, 7) is 83.9. The molecule has 594 valence electrons. The minimum atomic E-state index is 0.404. The molecule has 8 rings (SSSR count). The van der Waals surface area contributed by atoms with E-state index in [2.05, 4.69) is 256 Å². The fraction of sp³-hybridized carbons (Fsp3) is 0.879. The molecule has 1 unspecified atom stereocenters. The van der Waals surface area contributed by atoms with E-state index in [0.29, 0.717) is 49.4 Å². The van der Waals surface area contributed by atoms with Crippen LogP contribution < -0.4 is 0 Å². The summed E-state index contributed by atoms with van der Waals surface area (Å²) in [4.78, 5) is 19.1. The molecule has 1 aromatic heterocycles. The normalized spacial score (nSPS) is 19.6. The van der Waals surface area contributed by atoms with Crippen LogP contribution in [0.4, 0.5) is 0 Å². The first-order valence-corrected chi connectivity index (χ1v) is 41.8. The zero-order chi connectivity index (χ0) is 76.6. The number of imidazole rings is 1. The third kappa shape index (κ3) is 54.0. The summed E-state index contributed by atoms with van der Waals surface area (Å²) in [5.41, 5.74) is 6.59. The molecule has 6 aliphatic rings. The highest BCUT2D eigenvalue weighted by Crippen LogP contribution is 2.38. The number of likely N-dealkylation sites (tertiary alicyclic amines) is 4. The van der Waals surface area contributed by atoms with Gasteiger partial charge in [0, 0.05) is 97.8 Å². The number of methoxy groups -OCH3 is 2. The highest BCUT2D eigenvalue weighted by atomic mass is 16.5. The fourth-order valence-corrected chi connectivity index (χ4v) is 14.7. The summed E-state index contributed by atoms with van der Waals surface area (Å²) >= 11 is 0. The van der Waals surface area contributed by atoms with Crippen molar-refractivity contribution in [1.29, 1.82) is 0 Å². The van der Waals surface area contributed by atoms with E-state index in [9.17, 15) is 0 Å². The van der Waals surface area contributed by atoms with Gasteiger partial charge in [-0.25, -0.2) is 4.98 Å². The largest absolute Gasteiger partial charge is 0.383 e. The van der Waals surface area contributed by atoms with E-state index >= 15 is 0 Å². The summed E-state index contributed by atoms with van der Waals surface area (Å²) < 4.78 is 12.6. The highest BCUT2D eigenvalue weighted by Gasteiger charge is 2.31. The Kier molecular flexibility index (Phi) is 47.5. The van der Waals surface area contributed by atoms with Crippen LogP contribution in [0.15, 0.2) is 61.3 Å². The lowest BCUT2D eigenvalue weighted by molar-refractivity contribution is 0.0863. The lowest BCUT2D eigenvalue weighted by Gasteiger charge is -2.39. The Morgan fingerprint density at radius 3 is 1.21 bits per heavy atom. The van der Waals surface area contributed by atoms with Crippen molar-refractivity contribution in [3.63, 3.8) is 0 Å². The van der Waals surface area contributed by atoms with E-state index < -0.39 is 0 Å². The predicted molar refractivity (Wildman–Crippen MR) is 448 cm³/mol. The van der Waals surface area contributed by atoms with E-state index in [1.807, 2.05) is 25.8 Å². The van der Waals surface area contributed by atoms with Crippen molar-refractivity contribution < 1.29 is 9.47 Å². The van der Waals surface area contributed by atoms with Gasteiger partial charge in [-0.3, -0.25) is 0 Å². The molecule has 0 radical (unpaired) electrons. The van der Waals surface area contributed by atoms with Crippen molar-refractivity contribution in [2.24, 2.45) is 61.1 Å². The van der Waals surface area contributed by atoms with Gasteiger partial charge in [-0.05, 0) is 242 Å². The molecule has 0 spiro atoms. The second-order valence-electron chi connectivity index (χ2n) is 41.2. The molecule has 0 bridgehead atoms. The highest BCUT2D eigenvalue weighted by molar-refractivity contribution is 5.15. The number of benzene rings is 1. The smallest absolute Gasteiger partial charge is 0.0945 e. The van der Waals surface area contributed by atoms with Gasteiger partial charge in [0.25, 0.3) is 0 Å². The molecule has 0 amide bonds. The van der Waals surface area contributed by atoms with Crippen molar-refractivity contribution in [2.45, 2.75) is 327 Å². The number of piperazine rings is 1. The molecule has 1 aliphatic carbocycles. The minimum absolute atomic E-state index is 0.404. The third-order valence-corrected chi connectivity index (χ3v) is 21.8. The first kappa shape index (κ1) is 96.7. The Morgan fingerprint density at radius 2 is 0.832 bits per heavy atom. The molecule has 6 heterocycles. The van der Waals surface area contributed by atoms with Crippen LogP contribution in [-0.2, 0) is 22.4 Å². The molecule has 5 saturated heterocycles. The van der Waals surface area contributed by atoms with Crippen LogP contribution in [0.5, 0.6) is 0 Å². The Balaban J connectivity index is 0.000000578. The summed E-state index contributed by atoms with van der Waals surface area (Å²) in [6.07, 6.45) is 36.2. The van der Waals surface area contributed by atoms with Gasteiger partial charge in [0.1, 0.15) is 0 Å². The van der Waals surface area contributed by atoms with E-state index in [4.69, 9.17) is 9.47 Å². The number of allylic oxidation sites excluding steroid dienone is 1. The SMILES string of the molecule is C=C(C)N1CCC(C(C)(C)C)CC1.CC(C)(C)C1CCCCC1.CC(C)(C)CCCN1CCCCC1.CC(C)(C)CCCn1ccnc1.CC(C)(C)Cc1ccccc1.CN1CCN(CCCC(C)(C)C)CC1.COC1CCN(CCCC(C)(C)C)C1.COCCN1CCC(C(C)(C)C)CC1. The summed E-state index contributed by atoms with van der Waals surface area (Å²) in [6, 6.07) is 10.6. The van der Waals surface area contributed by atoms with Crippen molar-refractivity contribution in [3.8, 4) is 0 Å². The fourth-order valence-electron chi connectivity index (χ4n) is 14.7. The maximum Gasteiger partial charge on any atom is 0.0945 e. The number of hydrogen-bond donors (Lipinski definition) is 0. The van der Waals surface area contributed by atoms with Gasteiger partial charge in [0.2, 0.25) is 0 Å². The Bertz CT molecular complexity index is 2220. The van der Waals surface area contributed by atoms with Gasteiger partial charge in [-0.2, -0.15) is 0 Å². The number of piperidine rings is 3. The molecular weight excluding hydrogens is 1240 g/mol. The molecule has 5 aliphatic heterocycles. The van der Waals surface area contributed by atoms with Gasteiger partial charge in [-0.1, -0.05) is 229 Å². The number of rotatable bonds is 18. The molecule has 0 N–H and O–H groups in total. The van der Waals surface area contributed by atoms with Crippen LogP contribution in [0.2, 0.25) is 0 Å². The average molecular weight is 1420 g/mol. The van der Waals surface area contributed by atoms with Gasteiger partial charge in [0.05, 0.1) is 19.0 Å². The van der Waals surface area contributed by atoms with Crippen LogP contribution in [0, 0.1) is 61.1 Å². The van der Waals surface area contributed by atoms with Gasteiger partial charge in [0.15, 0.2) is 0 Å². The van der Waals surface area contributed by atoms with E-state index in [1.54, 1.807) is 7.11 Å². The van der Waals surface area contributed by atoms with E-state index in [1.165, 1.54) is 238 Å². The van der Waals surface area contributed by atoms with E-state index in [0.717, 1.165) is 50.4 Å². The number of aryl methyl sites for hydroxylation is 1. The maximum atomic E-state index is 5.35. The minimum Gasteiger partial charge on any atom is -0.383 e. The second kappa shape index (κ2) is 49.6. The number of hydrogen-bond acceptors (Lipinski definition) is 9. The molecule has 6 fully saturated rings. The number of likely N-dealkylation sites (N-methyl/N-ethyl adjacent to an activating group) is 1. The summed E-state index contributed by atoms with van der Waals surface area (Å²) in [5, 5.41) is 0. The first-order chi connectivity index (χ1) is 46.8. The van der Waals surface area contributed by atoms with Crippen molar-refractivity contribution in [1.82, 2.24) is 39.0 Å². The molecule has 1 saturated carbocycles. The van der Waals surface area contributed by atoms with Crippen LogP contribution >= 0.6 is 0 Å². The van der Waals surface area contributed by atoms with Gasteiger partial charge in [-0.15, -0.1) is 0 Å². The van der Waals surface area contributed by atoms with Crippen molar-refractivity contribution in [2.75, 3.05) is 133 Å².